The van der Waals surface area contributed by atoms with Crippen LogP contribution in [0.15, 0.2) is 41.6 Å². The van der Waals surface area contributed by atoms with E-state index in [1.54, 1.807) is 0 Å². The third-order valence-corrected chi connectivity index (χ3v) is 2.68. The molecular weight excluding hydrogens is 210 g/mol. The number of benzene rings is 1. The van der Waals surface area contributed by atoms with Crippen molar-refractivity contribution in [3.8, 4) is 0 Å². The molecule has 0 aromatic heterocycles. The highest BCUT2D eigenvalue weighted by Gasteiger charge is 1.95. The summed E-state index contributed by atoms with van der Waals surface area (Å²) < 4.78 is 0. The summed E-state index contributed by atoms with van der Waals surface area (Å²) in [5.74, 6) is 0. The molecule has 92 valence electrons. The Hall–Kier alpha value is -1.57. The molecule has 0 fully saturated rings. The van der Waals surface area contributed by atoms with E-state index in [1.807, 2.05) is 42.5 Å². The number of oxime groups is 1. The molecule has 0 atom stereocenters. The quantitative estimate of drug-likeness (QED) is 0.318. The number of rotatable bonds is 7. The van der Waals surface area contributed by atoms with Gasteiger partial charge in [-0.2, -0.15) is 0 Å². The van der Waals surface area contributed by atoms with Gasteiger partial charge in [0.1, 0.15) is 0 Å². The lowest BCUT2D eigenvalue weighted by Crippen LogP contribution is -1.93. The van der Waals surface area contributed by atoms with Crippen LogP contribution in [0, 0.1) is 0 Å². The van der Waals surface area contributed by atoms with Crippen LogP contribution in [0.25, 0.3) is 6.08 Å². The lowest BCUT2D eigenvalue weighted by atomic mass is 10.1. The molecule has 0 saturated carbocycles. The summed E-state index contributed by atoms with van der Waals surface area (Å²) in [4.78, 5) is 0. The first-order chi connectivity index (χ1) is 8.36. The van der Waals surface area contributed by atoms with Gasteiger partial charge in [0.05, 0.1) is 5.71 Å². The van der Waals surface area contributed by atoms with Crippen molar-refractivity contribution in [2.75, 3.05) is 0 Å². The zero-order valence-electron chi connectivity index (χ0n) is 10.5. The van der Waals surface area contributed by atoms with Gasteiger partial charge in [0.2, 0.25) is 0 Å². The van der Waals surface area contributed by atoms with Crippen LogP contribution in [0.1, 0.15) is 44.6 Å². The van der Waals surface area contributed by atoms with Gasteiger partial charge in [0.25, 0.3) is 0 Å². The van der Waals surface area contributed by atoms with Gasteiger partial charge in [0.15, 0.2) is 0 Å². The molecule has 1 N–H and O–H groups in total. The number of unbranched alkanes of at least 4 members (excludes halogenated alkanes) is 3. The highest BCUT2D eigenvalue weighted by Crippen LogP contribution is 2.06. The van der Waals surface area contributed by atoms with Gasteiger partial charge in [-0.3, -0.25) is 0 Å². The summed E-state index contributed by atoms with van der Waals surface area (Å²) in [6.45, 7) is 2.19. The lowest BCUT2D eigenvalue weighted by Gasteiger charge is -1.99. The zero-order valence-corrected chi connectivity index (χ0v) is 10.5. The molecule has 1 rings (SSSR count). The first kappa shape index (κ1) is 13.5. The Morgan fingerprint density at radius 3 is 2.59 bits per heavy atom. The van der Waals surface area contributed by atoms with E-state index in [0.29, 0.717) is 0 Å². The minimum atomic E-state index is 0.755. The summed E-state index contributed by atoms with van der Waals surface area (Å²) in [6, 6.07) is 10.0. The van der Waals surface area contributed by atoms with Crippen LogP contribution in [0.2, 0.25) is 0 Å². The molecule has 1 aromatic rings. The summed E-state index contributed by atoms with van der Waals surface area (Å²) in [7, 11) is 0. The number of nitrogens with zero attached hydrogens (tertiary/aromatic N) is 1. The van der Waals surface area contributed by atoms with Crippen molar-refractivity contribution in [1.82, 2.24) is 0 Å². The van der Waals surface area contributed by atoms with E-state index < -0.39 is 0 Å². The Labute approximate surface area is 104 Å². The van der Waals surface area contributed by atoms with Crippen molar-refractivity contribution in [1.29, 1.82) is 0 Å². The van der Waals surface area contributed by atoms with E-state index in [4.69, 9.17) is 5.21 Å². The molecule has 0 amide bonds. The third-order valence-electron chi connectivity index (χ3n) is 2.68. The molecule has 1 aromatic carbocycles. The molecule has 0 aliphatic heterocycles. The second-order valence-corrected chi connectivity index (χ2v) is 4.15. The molecule has 0 aliphatic carbocycles. The highest BCUT2D eigenvalue weighted by molar-refractivity contribution is 5.97. The van der Waals surface area contributed by atoms with Gasteiger partial charge in [0, 0.05) is 0 Å². The Balaban J connectivity index is 2.39. The molecule has 0 heterocycles. The van der Waals surface area contributed by atoms with E-state index in [1.165, 1.54) is 19.3 Å². The minimum Gasteiger partial charge on any atom is -0.411 e. The van der Waals surface area contributed by atoms with Crippen LogP contribution in [0.4, 0.5) is 0 Å². The molecular formula is C15H21NO. The Morgan fingerprint density at radius 2 is 1.94 bits per heavy atom. The van der Waals surface area contributed by atoms with Gasteiger partial charge in [-0.15, -0.1) is 0 Å². The number of hydrogen-bond donors (Lipinski definition) is 1. The molecule has 0 saturated heterocycles. The molecule has 0 radical (unpaired) electrons. The maximum Gasteiger partial charge on any atom is 0.0795 e. The number of hydrogen-bond acceptors (Lipinski definition) is 2. The van der Waals surface area contributed by atoms with E-state index >= 15 is 0 Å². The molecule has 0 unspecified atom stereocenters. The fourth-order valence-electron chi connectivity index (χ4n) is 1.66. The van der Waals surface area contributed by atoms with E-state index in [2.05, 4.69) is 12.1 Å². The fourth-order valence-corrected chi connectivity index (χ4v) is 1.66. The average Bonchev–Trinajstić information content (AvgIpc) is 2.39. The van der Waals surface area contributed by atoms with E-state index in [0.717, 1.165) is 24.1 Å². The van der Waals surface area contributed by atoms with Crippen molar-refractivity contribution in [2.24, 2.45) is 5.16 Å². The van der Waals surface area contributed by atoms with Crippen molar-refractivity contribution in [3.63, 3.8) is 0 Å². The Morgan fingerprint density at radius 1 is 1.18 bits per heavy atom. The SMILES string of the molecule is CCCCCCC(/C=C\c1ccccc1)=N/O. The average molecular weight is 231 g/mol. The fraction of sp³-hybridized carbons (Fsp3) is 0.400. The molecule has 0 aliphatic rings. The molecule has 0 spiro atoms. The summed E-state index contributed by atoms with van der Waals surface area (Å²) in [6.07, 6.45) is 9.49. The monoisotopic (exact) mass is 231 g/mol. The van der Waals surface area contributed by atoms with Gasteiger partial charge in [-0.1, -0.05) is 67.7 Å². The third kappa shape index (κ3) is 5.91. The van der Waals surface area contributed by atoms with Crippen molar-refractivity contribution < 1.29 is 5.21 Å². The Bertz CT molecular complexity index is 354. The second kappa shape index (κ2) is 8.57. The second-order valence-electron chi connectivity index (χ2n) is 4.15. The highest BCUT2D eigenvalue weighted by atomic mass is 16.4. The van der Waals surface area contributed by atoms with Gasteiger partial charge >= 0.3 is 0 Å². The van der Waals surface area contributed by atoms with Gasteiger partial charge < -0.3 is 5.21 Å². The molecule has 0 bridgehead atoms. The maximum atomic E-state index is 8.90. The molecule has 2 heteroatoms. The predicted octanol–water partition coefficient (Wildman–Crippen LogP) is 4.50. The summed E-state index contributed by atoms with van der Waals surface area (Å²) >= 11 is 0. The van der Waals surface area contributed by atoms with Crippen molar-refractivity contribution in [3.05, 3.63) is 42.0 Å². The summed E-state index contributed by atoms with van der Waals surface area (Å²) in [5.41, 5.74) is 1.88. The normalized spacial score (nSPS) is 12.2. The Kier molecular flexibility index (Phi) is 6.80. The number of allylic oxidation sites excluding steroid dienone is 1. The molecule has 17 heavy (non-hydrogen) atoms. The van der Waals surface area contributed by atoms with Crippen molar-refractivity contribution >= 4 is 11.8 Å². The molecule has 2 nitrogen and oxygen atoms in total. The summed E-state index contributed by atoms with van der Waals surface area (Å²) in [5, 5.41) is 12.2. The first-order valence-corrected chi connectivity index (χ1v) is 6.31. The lowest BCUT2D eigenvalue weighted by molar-refractivity contribution is 0.318. The van der Waals surface area contributed by atoms with Crippen LogP contribution < -0.4 is 0 Å². The zero-order chi connectivity index (χ0) is 12.3. The smallest absolute Gasteiger partial charge is 0.0795 e. The first-order valence-electron chi connectivity index (χ1n) is 6.31. The van der Waals surface area contributed by atoms with E-state index in [9.17, 15) is 0 Å². The largest absolute Gasteiger partial charge is 0.411 e. The van der Waals surface area contributed by atoms with Crippen molar-refractivity contribution in [2.45, 2.75) is 39.0 Å². The van der Waals surface area contributed by atoms with Crippen LogP contribution >= 0.6 is 0 Å². The topological polar surface area (TPSA) is 32.6 Å². The van der Waals surface area contributed by atoms with Gasteiger partial charge in [-0.25, -0.2) is 0 Å². The van der Waals surface area contributed by atoms with Crippen LogP contribution in [0.5, 0.6) is 0 Å². The van der Waals surface area contributed by atoms with Gasteiger partial charge in [-0.05, 0) is 24.5 Å². The standard InChI is InChI=1S/C15H21NO/c1-2-3-4-8-11-15(16-17)13-12-14-9-6-5-7-10-14/h5-7,9-10,12-13,17H,2-4,8,11H2,1H3/b13-12-,16-15-. The van der Waals surface area contributed by atoms with Crippen LogP contribution in [0.3, 0.4) is 0 Å². The van der Waals surface area contributed by atoms with E-state index in [-0.39, 0.29) is 0 Å². The maximum absolute atomic E-state index is 8.90. The minimum absolute atomic E-state index is 0.755. The predicted molar refractivity (Wildman–Crippen MR) is 73.5 cm³/mol. The van der Waals surface area contributed by atoms with Crippen LogP contribution in [-0.4, -0.2) is 10.9 Å². The van der Waals surface area contributed by atoms with Crippen LogP contribution in [-0.2, 0) is 0 Å².